The maximum atomic E-state index is 13.7. The fraction of sp³-hybridized carbons (Fsp3) is 0.562. The van der Waals surface area contributed by atoms with Gasteiger partial charge in [0.25, 0.3) is 0 Å². The van der Waals surface area contributed by atoms with Gasteiger partial charge in [-0.25, -0.2) is 4.39 Å². The number of hydrogen-bond acceptors (Lipinski definition) is 2. The Morgan fingerprint density at radius 2 is 1.95 bits per heavy atom. The molecule has 1 aromatic carbocycles. The molecule has 120 valence electrons. The Morgan fingerprint density at radius 1 is 1.38 bits per heavy atom. The van der Waals surface area contributed by atoms with Crippen LogP contribution in [-0.4, -0.2) is 30.9 Å². The van der Waals surface area contributed by atoms with Crippen LogP contribution in [0.5, 0.6) is 0 Å². The summed E-state index contributed by atoms with van der Waals surface area (Å²) in [5, 5.41) is 0. The second-order valence-corrected chi connectivity index (χ2v) is 6.24. The van der Waals surface area contributed by atoms with Crippen molar-refractivity contribution in [3.63, 3.8) is 0 Å². The first-order chi connectivity index (χ1) is 9.26. The Morgan fingerprint density at radius 3 is 2.48 bits per heavy atom. The number of amides is 1. The number of benzene rings is 1. The van der Waals surface area contributed by atoms with Gasteiger partial charge in [-0.2, -0.15) is 0 Å². The van der Waals surface area contributed by atoms with E-state index in [1.807, 2.05) is 20.8 Å². The third-order valence-corrected chi connectivity index (χ3v) is 3.56. The molecule has 3 nitrogen and oxygen atoms in total. The maximum absolute atomic E-state index is 13.7. The molecular formula is C16H26ClFN2O. The summed E-state index contributed by atoms with van der Waals surface area (Å²) >= 11 is 0. The minimum absolute atomic E-state index is 0. The van der Waals surface area contributed by atoms with Gasteiger partial charge in [0.05, 0.1) is 0 Å². The standard InChI is InChI=1S/C16H25FN2O.ClH/c1-12(13-7-5-6-8-14(13)17)9-15(20)19(4)11-16(2,3)10-18;/h5-8,12H,9-11,18H2,1-4H3;1H. The molecule has 1 rings (SSSR count). The van der Waals surface area contributed by atoms with E-state index in [2.05, 4.69) is 0 Å². The van der Waals surface area contributed by atoms with Gasteiger partial charge in [-0.3, -0.25) is 4.79 Å². The highest BCUT2D eigenvalue weighted by atomic mass is 35.5. The summed E-state index contributed by atoms with van der Waals surface area (Å²) in [5.41, 5.74) is 6.16. The second kappa shape index (κ2) is 8.35. The fourth-order valence-corrected chi connectivity index (χ4v) is 2.20. The van der Waals surface area contributed by atoms with Crippen molar-refractivity contribution in [3.8, 4) is 0 Å². The molecule has 1 aromatic rings. The average molecular weight is 317 g/mol. The SMILES string of the molecule is CC(CC(=O)N(C)CC(C)(C)CN)c1ccccc1F.Cl. The highest BCUT2D eigenvalue weighted by Crippen LogP contribution is 2.23. The average Bonchev–Trinajstić information content (AvgIpc) is 2.38. The number of hydrogen-bond donors (Lipinski definition) is 1. The smallest absolute Gasteiger partial charge is 0.222 e. The number of rotatable bonds is 6. The van der Waals surface area contributed by atoms with Gasteiger partial charge in [0, 0.05) is 20.0 Å². The molecule has 0 aliphatic heterocycles. The van der Waals surface area contributed by atoms with Gasteiger partial charge < -0.3 is 10.6 Å². The van der Waals surface area contributed by atoms with Crippen LogP contribution in [-0.2, 0) is 4.79 Å². The first kappa shape index (κ1) is 19.9. The number of halogens is 2. The summed E-state index contributed by atoms with van der Waals surface area (Å²) < 4.78 is 13.7. The third kappa shape index (κ3) is 6.02. The van der Waals surface area contributed by atoms with Crippen molar-refractivity contribution < 1.29 is 9.18 Å². The van der Waals surface area contributed by atoms with E-state index in [4.69, 9.17) is 5.73 Å². The normalized spacial score (nSPS) is 12.5. The molecule has 1 unspecified atom stereocenters. The molecule has 0 saturated heterocycles. The van der Waals surface area contributed by atoms with Gasteiger partial charge in [-0.05, 0) is 29.5 Å². The first-order valence-electron chi connectivity index (χ1n) is 6.95. The number of carbonyl (C=O) groups is 1. The van der Waals surface area contributed by atoms with E-state index < -0.39 is 0 Å². The summed E-state index contributed by atoms with van der Waals surface area (Å²) in [7, 11) is 1.77. The Balaban J connectivity index is 0.00000400. The minimum Gasteiger partial charge on any atom is -0.345 e. The van der Waals surface area contributed by atoms with Crippen molar-refractivity contribution in [3.05, 3.63) is 35.6 Å². The highest BCUT2D eigenvalue weighted by molar-refractivity contribution is 5.85. The monoisotopic (exact) mass is 316 g/mol. The molecule has 2 N–H and O–H groups in total. The predicted molar refractivity (Wildman–Crippen MR) is 87.2 cm³/mol. The lowest BCUT2D eigenvalue weighted by molar-refractivity contribution is -0.131. The quantitative estimate of drug-likeness (QED) is 0.876. The molecule has 21 heavy (non-hydrogen) atoms. The van der Waals surface area contributed by atoms with Crippen LogP contribution in [0.4, 0.5) is 4.39 Å². The highest BCUT2D eigenvalue weighted by Gasteiger charge is 2.23. The van der Waals surface area contributed by atoms with E-state index in [0.29, 0.717) is 25.1 Å². The van der Waals surface area contributed by atoms with Crippen LogP contribution < -0.4 is 5.73 Å². The van der Waals surface area contributed by atoms with Crippen LogP contribution in [0, 0.1) is 11.2 Å². The molecule has 0 radical (unpaired) electrons. The Hall–Kier alpha value is -1.13. The number of nitrogens with zero attached hydrogens (tertiary/aromatic N) is 1. The van der Waals surface area contributed by atoms with E-state index in [-0.39, 0.29) is 35.5 Å². The molecule has 0 saturated carbocycles. The molecule has 0 fully saturated rings. The topological polar surface area (TPSA) is 46.3 Å². The van der Waals surface area contributed by atoms with Crippen molar-refractivity contribution in [2.24, 2.45) is 11.1 Å². The molecule has 0 aliphatic rings. The maximum Gasteiger partial charge on any atom is 0.222 e. The van der Waals surface area contributed by atoms with Crippen LogP contribution in [0.25, 0.3) is 0 Å². The summed E-state index contributed by atoms with van der Waals surface area (Å²) in [4.78, 5) is 13.9. The molecule has 0 heterocycles. The molecule has 0 aliphatic carbocycles. The van der Waals surface area contributed by atoms with Gasteiger partial charge in [-0.15, -0.1) is 12.4 Å². The van der Waals surface area contributed by atoms with Crippen molar-refractivity contribution in [2.45, 2.75) is 33.1 Å². The van der Waals surface area contributed by atoms with Crippen LogP contribution in [0.3, 0.4) is 0 Å². The molecule has 5 heteroatoms. The Labute approximate surface area is 133 Å². The fourth-order valence-electron chi connectivity index (χ4n) is 2.20. The summed E-state index contributed by atoms with van der Waals surface area (Å²) in [6.45, 7) is 7.05. The first-order valence-corrected chi connectivity index (χ1v) is 6.95. The van der Waals surface area contributed by atoms with Gasteiger partial charge in [0.15, 0.2) is 0 Å². The van der Waals surface area contributed by atoms with E-state index in [9.17, 15) is 9.18 Å². The van der Waals surface area contributed by atoms with E-state index in [1.165, 1.54) is 6.07 Å². The van der Waals surface area contributed by atoms with Crippen molar-refractivity contribution in [2.75, 3.05) is 20.1 Å². The van der Waals surface area contributed by atoms with Crippen LogP contribution >= 0.6 is 12.4 Å². The number of nitrogens with two attached hydrogens (primary N) is 1. The molecular weight excluding hydrogens is 291 g/mol. The lowest BCUT2D eigenvalue weighted by Gasteiger charge is -2.29. The zero-order valence-electron chi connectivity index (χ0n) is 13.2. The van der Waals surface area contributed by atoms with Gasteiger partial charge in [0.1, 0.15) is 5.82 Å². The summed E-state index contributed by atoms with van der Waals surface area (Å²) in [6.07, 6.45) is 0.304. The second-order valence-electron chi connectivity index (χ2n) is 6.24. The number of carbonyl (C=O) groups excluding carboxylic acids is 1. The van der Waals surface area contributed by atoms with Gasteiger partial charge in [0.2, 0.25) is 5.91 Å². The Bertz CT molecular complexity index is 465. The van der Waals surface area contributed by atoms with Gasteiger partial charge in [-0.1, -0.05) is 39.0 Å². The van der Waals surface area contributed by atoms with E-state index in [1.54, 1.807) is 30.1 Å². The van der Waals surface area contributed by atoms with Crippen LogP contribution in [0.2, 0.25) is 0 Å². The molecule has 0 bridgehead atoms. The van der Waals surface area contributed by atoms with E-state index >= 15 is 0 Å². The summed E-state index contributed by atoms with van der Waals surface area (Å²) in [6, 6.07) is 6.61. The zero-order chi connectivity index (χ0) is 15.3. The molecule has 1 atom stereocenters. The lowest BCUT2D eigenvalue weighted by atomic mass is 9.92. The molecule has 1 amide bonds. The Kier molecular flexibility index (Phi) is 7.90. The van der Waals surface area contributed by atoms with Crippen LogP contribution in [0.1, 0.15) is 38.7 Å². The molecule has 0 aromatic heterocycles. The lowest BCUT2D eigenvalue weighted by Crippen LogP contribution is -2.40. The molecule has 0 spiro atoms. The van der Waals surface area contributed by atoms with Crippen molar-refractivity contribution in [1.29, 1.82) is 0 Å². The minimum atomic E-state index is -0.252. The zero-order valence-corrected chi connectivity index (χ0v) is 14.0. The summed E-state index contributed by atoms with van der Waals surface area (Å²) in [5.74, 6) is -0.368. The van der Waals surface area contributed by atoms with Crippen molar-refractivity contribution in [1.82, 2.24) is 4.90 Å². The third-order valence-electron chi connectivity index (χ3n) is 3.56. The largest absolute Gasteiger partial charge is 0.345 e. The van der Waals surface area contributed by atoms with E-state index in [0.717, 1.165) is 0 Å². The van der Waals surface area contributed by atoms with Gasteiger partial charge >= 0.3 is 0 Å². The van der Waals surface area contributed by atoms with Crippen LogP contribution in [0.15, 0.2) is 24.3 Å². The van der Waals surface area contributed by atoms with Crippen molar-refractivity contribution >= 4 is 18.3 Å². The predicted octanol–water partition coefficient (Wildman–Crippen LogP) is 3.18.